The highest BCUT2D eigenvalue weighted by atomic mass is 35.6. The molecule has 1 aromatic heterocycles. The molecule has 0 unspecified atom stereocenters. The molecule has 3 nitrogen and oxygen atoms in total. The van der Waals surface area contributed by atoms with Gasteiger partial charge in [-0.3, -0.25) is 0 Å². The number of alkyl halides is 3. The van der Waals surface area contributed by atoms with Crippen molar-refractivity contribution >= 4 is 34.8 Å². The van der Waals surface area contributed by atoms with Crippen LogP contribution in [-0.4, -0.2) is 15.0 Å². The van der Waals surface area contributed by atoms with E-state index in [0.29, 0.717) is 5.69 Å². The summed E-state index contributed by atoms with van der Waals surface area (Å²) in [5.41, 5.74) is 1.36. The fourth-order valence-electron chi connectivity index (χ4n) is 1.36. The molecule has 1 heterocycles. The van der Waals surface area contributed by atoms with Crippen LogP contribution in [0.15, 0.2) is 0 Å². The summed E-state index contributed by atoms with van der Waals surface area (Å²) in [6, 6.07) is 0. The van der Waals surface area contributed by atoms with Crippen LogP contribution in [0.3, 0.4) is 0 Å². The molecule has 0 aliphatic carbocycles. The van der Waals surface area contributed by atoms with E-state index in [2.05, 4.69) is 17.2 Å². The van der Waals surface area contributed by atoms with Gasteiger partial charge in [-0.15, -0.1) is 5.10 Å². The number of nitrogens with zero attached hydrogens (tertiary/aromatic N) is 3. The Balaban J connectivity index is 3.01. The van der Waals surface area contributed by atoms with E-state index in [0.717, 1.165) is 31.5 Å². The number of hydrogen-bond acceptors (Lipinski definition) is 2. The van der Waals surface area contributed by atoms with Gasteiger partial charge in [0.15, 0.2) is 0 Å². The van der Waals surface area contributed by atoms with Crippen LogP contribution in [-0.2, 0) is 16.8 Å². The zero-order chi connectivity index (χ0) is 11.5. The molecule has 0 saturated carbocycles. The van der Waals surface area contributed by atoms with E-state index in [1.807, 2.05) is 6.92 Å². The van der Waals surface area contributed by atoms with Crippen molar-refractivity contribution in [1.29, 1.82) is 0 Å². The number of aromatic nitrogens is 3. The smallest absolute Gasteiger partial charge is 0.234 e. The molecule has 0 aliphatic rings. The van der Waals surface area contributed by atoms with Crippen LogP contribution in [0.4, 0.5) is 0 Å². The summed E-state index contributed by atoms with van der Waals surface area (Å²) in [5, 5.41) is 8.02. The second-order valence-electron chi connectivity index (χ2n) is 3.31. The highest BCUT2D eigenvalue weighted by Gasteiger charge is 2.31. The van der Waals surface area contributed by atoms with Gasteiger partial charge in [0.25, 0.3) is 0 Å². The van der Waals surface area contributed by atoms with E-state index in [-0.39, 0.29) is 0 Å². The molecule has 15 heavy (non-hydrogen) atoms. The summed E-state index contributed by atoms with van der Waals surface area (Å²) in [6.45, 7) is 4.81. The summed E-state index contributed by atoms with van der Waals surface area (Å²) in [5.74, 6) is 0. The summed E-state index contributed by atoms with van der Waals surface area (Å²) in [6.07, 6.45) is 2.79. The minimum absolute atomic E-state index is 0.600. The first-order valence-electron chi connectivity index (χ1n) is 5.00. The van der Waals surface area contributed by atoms with Crippen molar-refractivity contribution in [3.8, 4) is 0 Å². The van der Waals surface area contributed by atoms with Gasteiger partial charge in [0, 0.05) is 6.54 Å². The summed E-state index contributed by atoms with van der Waals surface area (Å²) < 4.78 is 0.248. The molecule has 0 N–H and O–H groups in total. The first-order valence-corrected chi connectivity index (χ1v) is 6.13. The number of hydrogen-bond donors (Lipinski definition) is 0. The normalized spacial score (nSPS) is 12.1. The fourth-order valence-corrected chi connectivity index (χ4v) is 1.98. The van der Waals surface area contributed by atoms with Crippen molar-refractivity contribution in [2.75, 3.05) is 0 Å². The van der Waals surface area contributed by atoms with Crippen molar-refractivity contribution in [3.63, 3.8) is 0 Å². The third-order valence-electron chi connectivity index (χ3n) is 2.13. The Labute approximate surface area is 105 Å². The maximum atomic E-state index is 5.90. The quantitative estimate of drug-likeness (QED) is 0.785. The van der Waals surface area contributed by atoms with Gasteiger partial charge in [0.2, 0.25) is 3.79 Å². The Morgan fingerprint density at radius 1 is 1.27 bits per heavy atom. The Bertz CT molecular complexity index is 317. The van der Waals surface area contributed by atoms with Crippen LogP contribution in [0, 0.1) is 0 Å². The second kappa shape index (κ2) is 5.37. The van der Waals surface area contributed by atoms with Crippen molar-refractivity contribution in [2.24, 2.45) is 0 Å². The van der Waals surface area contributed by atoms with Gasteiger partial charge in [-0.05, 0) is 12.8 Å². The third-order valence-corrected chi connectivity index (χ3v) is 2.67. The van der Waals surface area contributed by atoms with E-state index in [1.54, 1.807) is 4.68 Å². The van der Waals surface area contributed by atoms with Crippen LogP contribution in [0.2, 0.25) is 0 Å². The maximum Gasteiger partial charge on any atom is 0.234 e. The SMILES string of the molecule is CCCCn1nnc(CC)c1C(Cl)(Cl)Cl. The van der Waals surface area contributed by atoms with Crippen LogP contribution in [0.5, 0.6) is 0 Å². The molecule has 0 spiro atoms. The lowest BCUT2D eigenvalue weighted by molar-refractivity contribution is 0.535. The topological polar surface area (TPSA) is 30.7 Å². The Kier molecular flexibility index (Phi) is 4.68. The lowest BCUT2D eigenvalue weighted by Crippen LogP contribution is -2.14. The van der Waals surface area contributed by atoms with Gasteiger partial charge in [-0.1, -0.05) is 60.3 Å². The van der Waals surface area contributed by atoms with Crippen LogP contribution >= 0.6 is 34.8 Å². The highest BCUT2D eigenvalue weighted by molar-refractivity contribution is 6.66. The highest BCUT2D eigenvalue weighted by Crippen LogP contribution is 2.39. The molecule has 0 amide bonds. The molecule has 0 fully saturated rings. The Morgan fingerprint density at radius 2 is 1.93 bits per heavy atom. The average molecular weight is 271 g/mol. The van der Waals surface area contributed by atoms with Crippen LogP contribution in [0.25, 0.3) is 0 Å². The molecule has 0 bridgehead atoms. The first-order chi connectivity index (χ1) is 7.00. The molecule has 6 heteroatoms. The van der Waals surface area contributed by atoms with Gasteiger partial charge in [0.05, 0.1) is 5.69 Å². The molecule has 0 radical (unpaired) electrons. The van der Waals surface area contributed by atoms with E-state index in [9.17, 15) is 0 Å². The van der Waals surface area contributed by atoms with Gasteiger partial charge >= 0.3 is 0 Å². The molecular formula is C9H14Cl3N3. The molecule has 1 aromatic rings. The van der Waals surface area contributed by atoms with Crippen molar-refractivity contribution in [3.05, 3.63) is 11.4 Å². The summed E-state index contributed by atoms with van der Waals surface area (Å²) >= 11 is 17.7. The molecule has 0 aliphatic heterocycles. The average Bonchev–Trinajstić information content (AvgIpc) is 2.56. The van der Waals surface area contributed by atoms with Crippen molar-refractivity contribution in [2.45, 2.75) is 43.4 Å². The zero-order valence-electron chi connectivity index (χ0n) is 8.80. The zero-order valence-corrected chi connectivity index (χ0v) is 11.1. The molecule has 1 rings (SSSR count). The standard InChI is InChI=1S/C9H14Cl3N3/c1-3-5-6-15-8(9(10,11)12)7(4-2)13-14-15/h3-6H2,1-2H3. The molecule has 0 aromatic carbocycles. The van der Waals surface area contributed by atoms with Gasteiger partial charge < -0.3 is 0 Å². The molecule has 0 saturated heterocycles. The first kappa shape index (κ1) is 13.1. The van der Waals surface area contributed by atoms with Gasteiger partial charge in [-0.2, -0.15) is 0 Å². The monoisotopic (exact) mass is 269 g/mol. The minimum atomic E-state index is -1.44. The number of aryl methyl sites for hydroxylation is 2. The number of halogens is 3. The Hall–Kier alpha value is 0.01000. The van der Waals surface area contributed by atoms with Crippen molar-refractivity contribution < 1.29 is 0 Å². The Morgan fingerprint density at radius 3 is 2.40 bits per heavy atom. The largest absolute Gasteiger partial charge is 0.245 e. The molecule has 86 valence electrons. The lowest BCUT2D eigenvalue weighted by Gasteiger charge is -2.14. The molecule has 0 atom stereocenters. The van der Waals surface area contributed by atoms with Crippen LogP contribution in [0.1, 0.15) is 38.1 Å². The van der Waals surface area contributed by atoms with Gasteiger partial charge in [-0.25, -0.2) is 4.68 Å². The number of rotatable bonds is 4. The fraction of sp³-hybridized carbons (Fsp3) is 0.778. The van der Waals surface area contributed by atoms with E-state index >= 15 is 0 Å². The second-order valence-corrected chi connectivity index (χ2v) is 5.59. The summed E-state index contributed by atoms with van der Waals surface area (Å²) in [7, 11) is 0. The predicted octanol–water partition coefficient (Wildman–Crippen LogP) is 3.47. The van der Waals surface area contributed by atoms with E-state index < -0.39 is 3.79 Å². The van der Waals surface area contributed by atoms with Gasteiger partial charge in [0.1, 0.15) is 5.69 Å². The number of unbranched alkanes of at least 4 members (excludes halogenated alkanes) is 1. The molecular weight excluding hydrogens is 256 g/mol. The van der Waals surface area contributed by atoms with Crippen LogP contribution < -0.4 is 0 Å². The summed E-state index contributed by atoms with van der Waals surface area (Å²) in [4.78, 5) is 0. The van der Waals surface area contributed by atoms with E-state index in [1.165, 1.54) is 0 Å². The van der Waals surface area contributed by atoms with E-state index in [4.69, 9.17) is 34.8 Å². The van der Waals surface area contributed by atoms with Crippen molar-refractivity contribution in [1.82, 2.24) is 15.0 Å². The third kappa shape index (κ3) is 3.23. The lowest BCUT2D eigenvalue weighted by atomic mass is 10.2. The maximum absolute atomic E-state index is 5.90. The minimum Gasteiger partial charge on any atom is -0.245 e. The predicted molar refractivity (Wildman–Crippen MR) is 63.5 cm³/mol.